The Kier molecular flexibility index (Phi) is 5.38. The van der Waals surface area contributed by atoms with Crippen molar-refractivity contribution in [3.63, 3.8) is 0 Å². The second kappa shape index (κ2) is 7.26. The lowest BCUT2D eigenvalue weighted by molar-refractivity contribution is -0.384. The molecule has 1 aromatic rings. The SMILES string of the molecule is CCOc1cc(N2CCCCC2CCN)cc([N+](=O)[O-])c1. The van der Waals surface area contributed by atoms with E-state index in [4.69, 9.17) is 10.5 Å². The summed E-state index contributed by atoms with van der Waals surface area (Å²) in [4.78, 5) is 13.0. The number of nitro groups is 1. The second-order valence-corrected chi connectivity index (χ2v) is 5.30. The highest BCUT2D eigenvalue weighted by atomic mass is 16.6. The Labute approximate surface area is 125 Å². The largest absolute Gasteiger partial charge is 0.494 e. The molecular formula is C15H23N3O3. The van der Waals surface area contributed by atoms with Crippen molar-refractivity contribution in [1.82, 2.24) is 0 Å². The van der Waals surface area contributed by atoms with Gasteiger partial charge in [0.15, 0.2) is 0 Å². The molecule has 1 atom stereocenters. The minimum absolute atomic E-state index is 0.0769. The molecule has 1 aliphatic rings. The van der Waals surface area contributed by atoms with Crippen molar-refractivity contribution in [2.45, 2.75) is 38.6 Å². The van der Waals surface area contributed by atoms with Crippen molar-refractivity contribution in [2.24, 2.45) is 5.73 Å². The lowest BCUT2D eigenvalue weighted by Crippen LogP contribution is -2.40. The third-order valence-corrected chi connectivity index (χ3v) is 3.86. The Hall–Kier alpha value is -1.82. The average molecular weight is 293 g/mol. The predicted octanol–water partition coefficient (Wildman–Crippen LogP) is 2.70. The normalized spacial score (nSPS) is 18.6. The van der Waals surface area contributed by atoms with E-state index in [0.29, 0.717) is 24.9 Å². The first-order chi connectivity index (χ1) is 10.2. The Morgan fingerprint density at radius 1 is 1.43 bits per heavy atom. The molecule has 0 radical (unpaired) electrons. The number of non-ortho nitro benzene ring substituents is 1. The number of nitro benzene ring substituents is 1. The quantitative estimate of drug-likeness (QED) is 0.644. The van der Waals surface area contributed by atoms with Gasteiger partial charge < -0.3 is 15.4 Å². The molecule has 0 aliphatic carbocycles. The Morgan fingerprint density at radius 2 is 2.24 bits per heavy atom. The maximum Gasteiger partial charge on any atom is 0.275 e. The summed E-state index contributed by atoms with van der Waals surface area (Å²) in [6.45, 7) is 3.91. The van der Waals surface area contributed by atoms with Crippen LogP contribution in [0.25, 0.3) is 0 Å². The predicted molar refractivity (Wildman–Crippen MR) is 82.9 cm³/mol. The van der Waals surface area contributed by atoms with Crippen LogP contribution >= 0.6 is 0 Å². The van der Waals surface area contributed by atoms with E-state index < -0.39 is 0 Å². The molecule has 1 aliphatic heterocycles. The smallest absolute Gasteiger partial charge is 0.275 e. The van der Waals surface area contributed by atoms with Gasteiger partial charge in [-0.2, -0.15) is 0 Å². The fourth-order valence-electron chi connectivity index (χ4n) is 2.92. The highest BCUT2D eigenvalue weighted by molar-refractivity contribution is 5.58. The summed E-state index contributed by atoms with van der Waals surface area (Å²) in [5.41, 5.74) is 6.64. The van der Waals surface area contributed by atoms with Gasteiger partial charge in [-0.25, -0.2) is 0 Å². The molecule has 1 saturated heterocycles. The standard InChI is InChI=1S/C15H23N3O3/c1-2-21-15-10-13(9-14(11-15)18(19)20)17-8-4-3-5-12(17)6-7-16/h9-12H,2-8,16H2,1H3. The molecular weight excluding hydrogens is 270 g/mol. The lowest BCUT2D eigenvalue weighted by Gasteiger charge is -2.37. The van der Waals surface area contributed by atoms with E-state index in [1.165, 1.54) is 12.5 Å². The van der Waals surface area contributed by atoms with Gasteiger partial charge >= 0.3 is 0 Å². The third kappa shape index (κ3) is 3.85. The monoisotopic (exact) mass is 293 g/mol. The zero-order chi connectivity index (χ0) is 15.2. The zero-order valence-electron chi connectivity index (χ0n) is 12.5. The number of hydrogen-bond donors (Lipinski definition) is 1. The summed E-state index contributed by atoms with van der Waals surface area (Å²) in [5, 5.41) is 11.1. The van der Waals surface area contributed by atoms with Gasteiger partial charge in [0, 0.05) is 30.4 Å². The van der Waals surface area contributed by atoms with E-state index in [0.717, 1.165) is 31.5 Å². The molecule has 116 valence electrons. The van der Waals surface area contributed by atoms with E-state index in [9.17, 15) is 10.1 Å². The first-order valence-electron chi connectivity index (χ1n) is 7.54. The summed E-state index contributed by atoms with van der Waals surface area (Å²) >= 11 is 0. The number of piperidine rings is 1. The van der Waals surface area contributed by atoms with Crippen molar-refractivity contribution in [3.8, 4) is 5.75 Å². The molecule has 1 unspecified atom stereocenters. The van der Waals surface area contributed by atoms with Gasteiger partial charge in [-0.3, -0.25) is 10.1 Å². The second-order valence-electron chi connectivity index (χ2n) is 5.30. The highest BCUT2D eigenvalue weighted by Crippen LogP contribution is 2.33. The average Bonchev–Trinajstić information content (AvgIpc) is 2.48. The van der Waals surface area contributed by atoms with Crippen molar-refractivity contribution >= 4 is 11.4 Å². The molecule has 2 rings (SSSR count). The van der Waals surface area contributed by atoms with Gasteiger partial charge in [-0.15, -0.1) is 0 Å². The van der Waals surface area contributed by atoms with Crippen LogP contribution in [0.15, 0.2) is 18.2 Å². The number of ether oxygens (including phenoxy) is 1. The molecule has 1 aromatic carbocycles. The fraction of sp³-hybridized carbons (Fsp3) is 0.600. The van der Waals surface area contributed by atoms with Crippen molar-refractivity contribution in [2.75, 3.05) is 24.6 Å². The first-order valence-corrected chi connectivity index (χ1v) is 7.54. The van der Waals surface area contributed by atoms with E-state index >= 15 is 0 Å². The van der Waals surface area contributed by atoms with E-state index in [1.807, 2.05) is 13.0 Å². The summed E-state index contributed by atoms with van der Waals surface area (Å²) < 4.78 is 5.47. The maximum atomic E-state index is 11.1. The number of rotatable bonds is 6. The highest BCUT2D eigenvalue weighted by Gasteiger charge is 2.24. The number of hydrogen-bond acceptors (Lipinski definition) is 5. The number of benzene rings is 1. The number of nitrogens with two attached hydrogens (primary N) is 1. The Morgan fingerprint density at radius 3 is 2.90 bits per heavy atom. The zero-order valence-corrected chi connectivity index (χ0v) is 12.5. The van der Waals surface area contributed by atoms with Crippen LogP contribution in [0, 0.1) is 10.1 Å². The van der Waals surface area contributed by atoms with Crippen molar-refractivity contribution < 1.29 is 9.66 Å². The van der Waals surface area contributed by atoms with E-state index in [2.05, 4.69) is 4.90 Å². The minimum Gasteiger partial charge on any atom is -0.494 e. The summed E-state index contributed by atoms with van der Waals surface area (Å²) in [6, 6.07) is 5.37. The van der Waals surface area contributed by atoms with Crippen LogP contribution in [0.4, 0.5) is 11.4 Å². The summed E-state index contributed by atoms with van der Waals surface area (Å²) in [5.74, 6) is 0.554. The molecule has 0 bridgehead atoms. The minimum atomic E-state index is -0.367. The number of nitrogens with zero attached hydrogens (tertiary/aromatic N) is 2. The topological polar surface area (TPSA) is 81.6 Å². The molecule has 0 amide bonds. The molecule has 21 heavy (non-hydrogen) atoms. The van der Waals surface area contributed by atoms with Crippen molar-refractivity contribution in [1.29, 1.82) is 0 Å². The Bertz CT molecular complexity index is 491. The van der Waals surface area contributed by atoms with Gasteiger partial charge in [0.05, 0.1) is 17.6 Å². The van der Waals surface area contributed by atoms with Crippen LogP contribution < -0.4 is 15.4 Å². The third-order valence-electron chi connectivity index (χ3n) is 3.86. The number of anilines is 1. The molecule has 1 fully saturated rings. The first kappa shape index (κ1) is 15.6. The summed E-state index contributed by atoms with van der Waals surface area (Å²) in [7, 11) is 0. The molecule has 6 heteroatoms. The van der Waals surface area contributed by atoms with E-state index in [1.54, 1.807) is 6.07 Å². The molecule has 1 heterocycles. The van der Waals surface area contributed by atoms with Gasteiger partial charge in [0.2, 0.25) is 0 Å². The molecule has 2 N–H and O–H groups in total. The van der Waals surface area contributed by atoms with Crippen molar-refractivity contribution in [3.05, 3.63) is 28.3 Å². The van der Waals surface area contributed by atoms with Crippen LogP contribution in [0.1, 0.15) is 32.6 Å². The molecule has 0 spiro atoms. The molecule has 6 nitrogen and oxygen atoms in total. The van der Waals surface area contributed by atoms with E-state index in [-0.39, 0.29) is 10.6 Å². The fourth-order valence-corrected chi connectivity index (χ4v) is 2.92. The van der Waals surface area contributed by atoms with Crippen LogP contribution in [-0.4, -0.2) is 30.7 Å². The van der Waals surface area contributed by atoms with Crippen LogP contribution in [0.3, 0.4) is 0 Å². The van der Waals surface area contributed by atoms with Gasteiger partial charge in [0.25, 0.3) is 5.69 Å². The van der Waals surface area contributed by atoms with Gasteiger partial charge in [0.1, 0.15) is 5.75 Å². The maximum absolute atomic E-state index is 11.1. The van der Waals surface area contributed by atoms with Gasteiger partial charge in [-0.05, 0) is 39.2 Å². The van der Waals surface area contributed by atoms with Crippen LogP contribution in [-0.2, 0) is 0 Å². The lowest BCUT2D eigenvalue weighted by atomic mass is 9.98. The molecule has 0 saturated carbocycles. The Balaban J connectivity index is 2.33. The molecule has 0 aromatic heterocycles. The van der Waals surface area contributed by atoms with Crippen LogP contribution in [0.2, 0.25) is 0 Å². The van der Waals surface area contributed by atoms with Gasteiger partial charge in [-0.1, -0.05) is 0 Å². The summed E-state index contributed by atoms with van der Waals surface area (Å²) in [6.07, 6.45) is 4.29. The van der Waals surface area contributed by atoms with Crippen LogP contribution in [0.5, 0.6) is 5.75 Å².